The Bertz CT molecular complexity index is 1080. The van der Waals surface area contributed by atoms with Gasteiger partial charge in [0.1, 0.15) is 11.4 Å². The number of ether oxygens (including phenoxy) is 1. The smallest absolute Gasteiger partial charge is 0.270 e. The van der Waals surface area contributed by atoms with Gasteiger partial charge < -0.3 is 15.0 Å². The van der Waals surface area contributed by atoms with Crippen molar-refractivity contribution in [3.05, 3.63) is 59.7 Å². The molecule has 1 atom stereocenters. The lowest BCUT2D eigenvalue weighted by Gasteiger charge is -2.21. The maximum Gasteiger partial charge on any atom is 0.270 e. The molecule has 1 N–H and O–H groups in total. The van der Waals surface area contributed by atoms with Crippen LogP contribution in [-0.2, 0) is 11.3 Å². The van der Waals surface area contributed by atoms with Crippen LogP contribution < -0.4 is 10.1 Å². The van der Waals surface area contributed by atoms with E-state index in [0.29, 0.717) is 49.5 Å². The number of benzene rings is 1. The second-order valence-electron chi connectivity index (χ2n) is 7.50. The Morgan fingerprint density at radius 1 is 1.30 bits per heavy atom. The van der Waals surface area contributed by atoms with Crippen LogP contribution in [0.15, 0.2) is 42.7 Å². The number of aryl methyl sites for hydroxylation is 1. The van der Waals surface area contributed by atoms with Gasteiger partial charge >= 0.3 is 0 Å². The van der Waals surface area contributed by atoms with Gasteiger partial charge in [-0.25, -0.2) is 9.97 Å². The van der Waals surface area contributed by atoms with Crippen molar-refractivity contribution in [3.8, 4) is 5.75 Å². The first-order valence-corrected chi connectivity index (χ1v) is 10.1. The summed E-state index contributed by atoms with van der Waals surface area (Å²) in [5.41, 5.74) is 2.15. The molecule has 1 saturated heterocycles. The Hall–Kier alpha value is -3.42. The zero-order valence-corrected chi connectivity index (χ0v) is 17.2. The third-order valence-electron chi connectivity index (χ3n) is 5.44. The van der Waals surface area contributed by atoms with Gasteiger partial charge in [0, 0.05) is 37.9 Å². The Kier molecular flexibility index (Phi) is 5.65. The predicted octanol–water partition coefficient (Wildman–Crippen LogP) is 2.36. The maximum atomic E-state index is 12.9. The van der Waals surface area contributed by atoms with Crippen LogP contribution in [0.4, 0.5) is 0 Å². The topological polar surface area (TPSA) is 88.8 Å². The molecule has 1 unspecified atom stereocenters. The fraction of sp³-hybridized carbons (Fsp3) is 0.364. The fourth-order valence-corrected chi connectivity index (χ4v) is 3.86. The first kappa shape index (κ1) is 19.9. The van der Waals surface area contributed by atoms with Gasteiger partial charge in [-0.05, 0) is 43.5 Å². The van der Waals surface area contributed by atoms with E-state index in [-0.39, 0.29) is 17.9 Å². The van der Waals surface area contributed by atoms with Gasteiger partial charge in [-0.1, -0.05) is 12.1 Å². The van der Waals surface area contributed by atoms with Crippen molar-refractivity contribution >= 4 is 17.6 Å². The van der Waals surface area contributed by atoms with Crippen LogP contribution in [-0.4, -0.2) is 50.8 Å². The normalized spacial score (nSPS) is 17.1. The molecule has 1 aliphatic heterocycles. The minimum absolute atomic E-state index is 0.0709. The van der Waals surface area contributed by atoms with Crippen LogP contribution in [0.25, 0.3) is 5.78 Å². The quantitative estimate of drug-likeness (QED) is 0.701. The summed E-state index contributed by atoms with van der Waals surface area (Å²) in [5, 5.41) is 3.09. The highest BCUT2D eigenvalue weighted by Crippen LogP contribution is 2.19. The van der Waals surface area contributed by atoms with Crippen molar-refractivity contribution in [1.82, 2.24) is 24.6 Å². The molecule has 3 aromatic rings. The number of fused-ring (bicyclic) bond motifs is 1. The van der Waals surface area contributed by atoms with E-state index in [0.717, 1.165) is 11.3 Å². The number of nitrogens with zero attached hydrogens (tertiary/aromatic N) is 4. The maximum absolute atomic E-state index is 12.9. The highest BCUT2D eigenvalue weighted by molar-refractivity contribution is 5.94. The molecular formula is C22H25N5O3. The molecule has 0 bridgehead atoms. The standard InChI is InChI=1S/C22H25N5O3/c1-15-20(27-11-4-10-23-22(27)24-15)21(29)25-17-7-8-19(28)26(12-9-17)14-16-5-3-6-18(13-16)30-2/h3-6,10-11,13,17H,7-9,12,14H2,1-2H3,(H,25,29). The van der Waals surface area contributed by atoms with E-state index in [4.69, 9.17) is 4.74 Å². The highest BCUT2D eigenvalue weighted by atomic mass is 16.5. The minimum atomic E-state index is -0.188. The summed E-state index contributed by atoms with van der Waals surface area (Å²) in [5.74, 6) is 1.19. The predicted molar refractivity (Wildman–Crippen MR) is 111 cm³/mol. The van der Waals surface area contributed by atoms with Crippen molar-refractivity contribution in [2.45, 2.75) is 38.8 Å². The number of carbonyl (C=O) groups is 2. The number of carbonyl (C=O) groups excluding carboxylic acids is 2. The zero-order chi connectivity index (χ0) is 21.1. The van der Waals surface area contributed by atoms with Gasteiger partial charge in [-0.3, -0.25) is 14.0 Å². The molecule has 1 aromatic carbocycles. The summed E-state index contributed by atoms with van der Waals surface area (Å²) in [6.45, 7) is 2.93. The Morgan fingerprint density at radius 2 is 2.17 bits per heavy atom. The van der Waals surface area contributed by atoms with Crippen molar-refractivity contribution in [1.29, 1.82) is 0 Å². The average molecular weight is 407 g/mol. The number of rotatable bonds is 5. The lowest BCUT2D eigenvalue weighted by Crippen LogP contribution is -2.36. The molecule has 8 nitrogen and oxygen atoms in total. The third-order valence-corrected chi connectivity index (χ3v) is 5.44. The third kappa shape index (κ3) is 4.12. The van der Waals surface area contributed by atoms with Gasteiger partial charge in [0.15, 0.2) is 0 Å². The summed E-state index contributed by atoms with van der Waals surface area (Å²) in [6.07, 6.45) is 5.16. The van der Waals surface area contributed by atoms with Crippen LogP contribution in [0, 0.1) is 6.92 Å². The van der Waals surface area contributed by atoms with E-state index < -0.39 is 0 Å². The molecule has 0 spiro atoms. The average Bonchev–Trinajstić information content (AvgIpc) is 3.00. The number of hydrogen-bond donors (Lipinski definition) is 1. The molecule has 1 fully saturated rings. The van der Waals surface area contributed by atoms with Crippen LogP contribution >= 0.6 is 0 Å². The lowest BCUT2D eigenvalue weighted by atomic mass is 10.1. The van der Waals surface area contributed by atoms with Gasteiger partial charge in [-0.2, -0.15) is 0 Å². The second-order valence-corrected chi connectivity index (χ2v) is 7.50. The van der Waals surface area contributed by atoms with E-state index >= 15 is 0 Å². The van der Waals surface area contributed by atoms with Crippen molar-refractivity contribution < 1.29 is 14.3 Å². The van der Waals surface area contributed by atoms with Crippen LogP contribution in [0.1, 0.15) is 41.0 Å². The number of methoxy groups -OCH3 is 1. The number of aromatic nitrogens is 3. The van der Waals surface area contributed by atoms with E-state index in [1.165, 1.54) is 0 Å². The van der Waals surface area contributed by atoms with Crippen LogP contribution in [0.3, 0.4) is 0 Å². The molecule has 3 heterocycles. The van der Waals surface area contributed by atoms with Crippen molar-refractivity contribution in [3.63, 3.8) is 0 Å². The van der Waals surface area contributed by atoms with Gasteiger partial charge in [-0.15, -0.1) is 0 Å². The monoisotopic (exact) mass is 407 g/mol. The van der Waals surface area contributed by atoms with Crippen molar-refractivity contribution in [2.75, 3.05) is 13.7 Å². The molecule has 156 valence electrons. The molecule has 30 heavy (non-hydrogen) atoms. The fourth-order valence-electron chi connectivity index (χ4n) is 3.86. The van der Waals surface area contributed by atoms with E-state index in [9.17, 15) is 9.59 Å². The minimum Gasteiger partial charge on any atom is -0.497 e. The second kappa shape index (κ2) is 8.52. The van der Waals surface area contributed by atoms with Crippen LogP contribution in [0.2, 0.25) is 0 Å². The molecule has 0 saturated carbocycles. The number of likely N-dealkylation sites (tertiary alicyclic amines) is 1. The molecule has 2 amide bonds. The number of nitrogens with one attached hydrogen (secondary N) is 1. The summed E-state index contributed by atoms with van der Waals surface area (Å²) in [4.78, 5) is 35.9. The Morgan fingerprint density at radius 3 is 3.00 bits per heavy atom. The molecular weight excluding hydrogens is 382 g/mol. The van der Waals surface area contributed by atoms with Gasteiger partial charge in [0.2, 0.25) is 11.7 Å². The molecule has 8 heteroatoms. The summed E-state index contributed by atoms with van der Waals surface area (Å²) in [7, 11) is 1.63. The molecule has 0 aliphatic carbocycles. The first-order valence-electron chi connectivity index (χ1n) is 10.1. The van der Waals surface area contributed by atoms with E-state index in [1.807, 2.05) is 29.2 Å². The van der Waals surface area contributed by atoms with Crippen molar-refractivity contribution in [2.24, 2.45) is 0 Å². The summed E-state index contributed by atoms with van der Waals surface area (Å²) in [6, 6.07) is 9.44. The summed E-state index contributed by atoms with van der Waals surface area (Å²) >= 11 is 0. The van der Waals surface area contributed by atoms with E-state index in [2.05, 4.69) is 15.3 Å². The number of imidazole rings is 1. The number of amides is 2. The van der Waals surface area contributed by atoms with E-state index in [1.54, 1.807) is 36.9 Å². The lowest BCUT2D eigenvalue weighted by molar-refractivity contribution is -0.131. The van der Waals surface area contributed by atoms with Crippen LogP contribution in [0.5, 0.6) is 5.75 Å². The Labute approximate surface area is 174 Å². The molecule has 4 rings (SSSR count). The van der Waals surface area contributed by atoms with Gasteiger partial charge in [0.05, 0.1) is 12.8 Å². The molecule has 2 aromatic heterocycles. The molecule has 0 radical (unpaired) electrons. The Balaban J connectivity index is 1.42. The highest BCUT2D eigenvalue weighted by Gasteiger charge is 2.25. The summed E-state index contributed by atoms with van der Waals surface area (Å²) < 4.78 is 6.97. The molecule has 1 aliphatic rings. The zero-order valence-electron chi connectivity index (χ0n) is 17.2. The number of hydrogen-bond acceptors (Lipinski definition) is 5. The SMILES string of the molecule is COc1cccc(CN2CCC(NC(=O)c3c(C)nc4ncccn34)CCC2=O)c1. The van der Waals surface area contributed by atoms with Gasteiger partial charge in [0.25, 0.3) is 5.91 Å². The first-order chi connectivity index (χ1) is 14.5. The largest absolute Gasteiger partial charge is 0.497 e.